The lowest BCUT2D eigenvalue weighted by Crippen LogP contribution is -2.03. The van der Waals surface area contributed by atoms with Crippen LogP contribution in [0.25, 0.3) is 0 Å². The molecule has 4 heteroatoms. The molecule has 0 atom stereocenters. The molecule has 1 rings (SSSR count). The molecule has 0 saturated carbocycles. The average molecular weight is 152 g/mol. The molecule has 0 aliphatic carbocycles. The van der Waals surface area contributed by atoms with Gasteiger partial charge in [0, 0.05) is 7.05 Å². The Hall–Kier alpha value is -1.32. The van der Waals surface area contributed by atoms with Gasteiger partial charge in [-0.15, -0.1) is 0 Å². The van der Waals surface area contributed by atoms with Crippen LogP contribution in [0.3, 0.4) is 0 Å². The Labute approximate surface area is 65.7 Å². The Morgan fingerprint density at radius 1 is 1.73 bits per heavy atom. The van der Waals surface area contributed by atoms with Crippen LogP contribution in [-0.2, 0) is 7.05 Å². The second-order valence-electron chi connectivity index (χ2n) is 2.53. The van der Waals surface area contributed by atoms with E-state index >= 15 is 0 Å². The Morgan fingerprint density at radius 2 is 2.36 bits per heavy atom. The van der Waals surface area contributed by atoms with Crippen LogP contribution in [0.5, 0.6) is 0 Å². The van der Waals surface area contributed by atoms with Crippen LogP contribution in [-0.4, -0.2) is 15.6 Å². The first-order chi connectivity index (χ1) is 5.09. The maximum Gasteiger partial charge on any atom is 0.106 e. The van der Waals surface area contributed by atoms with E-state index in [0.29, 0.717) is 5.84 Å². The molecule has 0 radical (unpaired) electrons. The lowest BCUT2D eigenvalue weighted by Gasteiger charge is -1.88. The van der Waals surface area contributed by atoms with Crippen molar-refractivity contribution in [2.45, 2.75) is 13.8 Å². The average Bonchev–Trinajstić information content (AvgIpc) is 2.09. The molecule has 4 nitrogen and oxygen atoms in total. The van der Waals surface area contributed by atoms with Gasteiger partial charge in [-0.2, -0.15) is 5.10 Å². The molecule has 0 aromatic carbocycles. The summed E-state index contributed by atoms with van der Waals surface area (Å²) in [6.45, 7) is 3.66. The van der Waals surface area contributed by atoms with E-state index in [1.54, 1.807) is 11.6 Å². The maximum absolute atomic E-state index is 5.42. The number of nitrogens with two attached hydrogens (primary N) is 1. The summed E-state index contributed by atoms with van der Waals surface area (Å²) in [6, 6.07) is 0. The summed E-state index contributed by atoms with van der Waals surface area (Å²) in [5.74, 6) is 0.557. The number of rotatable bonds is 1. The van der Waals surface area contributed by atoms with Gasteiger partial charge in [0.05, 0.1) is 17.7 Å². The van der Waals surface area contributed by atoms with Crippen molar-refractivity contribution in [1.82, 2.24) is 9.78 Å². The molecule has 0 fully saturated rings. The predicted molar refractivity (Wildman–Crippen MR) is 44.9 cm³/mol. The molecule has 0 saturated heterocycles. The zero-order valence-electron chi connectivity index (χ0n) is 7.00. The zero-order chi connectivity index (χ0) is 8.43. The third-order valence-electron chi connectivity index (χ3n) is 1.28. The highest BCUT2D eigenvalue weighted by Gasteiger charge is 1.99. The van der Waals surface area contributed by atoms with E-state index in [1.165, 1.54) is 0 Å². The first-order valence-electron chi connectivity index (χ1n) is 3.40. The summed E-state index contributed by atoms with van der Waals surface area (Å²) in [7, 11) is 1.86. The Balaban J connectivity index is 3.04. The molecule has 11 heavy (non-hydrogen) atoms. The standard InChI is InChI=1S/C7H12N4/c1-5-7(9-6(2)8)4-11(3)10-5/h4H,1-3H3,(H2,8,9). The van der Waals surface area contributed by atoms with Gasteiger partial charge in [-0.3, -0.25) is 4.68 Å². The Kier molecular flexibility index (Phi) is 1.94. The smallest absolute Gasteiger partial charge is 0.106 e. The molecule has 0 bridgehead atoms. The van der Waals surface area contributed by atoms with Crippen molar-refractivity contribution in [2.24, 2.45) is 17.8 Å². The molecule has 0 amide bonds. The van der Waals surface area contributed by atoms with E-state index < -0.39 is 0 Å². The minimum Gasteiger partial charge on any atom is -0.387 e. The number of hydrogen-bond acceptors (Lipinski definition) is 2. The van der Waals surface area contributed by atoms with Crippen molar-refractivity contribution in [3.63, 3.8) is 0 Å². The first kappa shape index (κ1) is 7.78. The van der Waals surface area contributed by atoms with Crippen molar-refractivity contribution in [1.29, 1.82) is 0 Å². The van der Waals surface area contributed by atoms with Crippen molar-refractivity contribution in [2.75, 3.05) is 0 Å². The van der Waals surface area contributed by atoms with E-state index in [0.717, 1.165) is 11.4 Å². The lowest BCUT2D eigenvalue weighted by molar-refractivity contribution is 0.756. The van der Waals surface area contributed by atoms with Crippen LogP contribution >= 0.6 is 0 Å². The van der Waals surface area contributed by atoms with E-state index in [2.05, 4.69) is 10.1 Å². The normalized spacial score (nSPS) is 12.1. The van der Waals surface area contributed by atoms with Gasteiger partial charge in [0.2, 0.25) is 0 Å². The number of hydrogen-bond donors (Lipinski definition) is 1. The second kappa shape index (κ2) is 2.74. The molecular formula is C7H12N4. The second-order valence-corrected chi connectivity index (χ2v) is 2.53. The van der Waals surface area contributed by atoms with Crippen LogP contribution in [0.4, 0.5) is 5.69 Å². The monoisotopic (exact) mass is 152 g/mol. The van der Waals surface area contributed by atoms with Gasteiger partial charge in [0.1, 0.15) is 5.69 Å². The summed E-state index contributed by atoms with van der Waals surface area (Å²) in [5.41, 5.74) is 7.16. The molecule has 60 valence electrons. The van der Waals surface area contributed by atoms with Gasteiger partial charge >= 0.3 is 0 Å². The topological polar surface area (TPSA) is 56.2 Å². The van der Waals surface area contributed by atoms with Crippen LogP contribution in [0.2, 0.25) is 0 Å². The van der Waals surface area contributed by atoms with Gasteiger partial charge < -0.3 is 5.73 Å². The van der Waals surface area contributed by atoms with Crippen molar-refractivity contribution in [3.05, 3.63) is 11.9 Å². The van der Waals surface area contributed by atoms with Gasteiger partial charge in [0.15, 0.2) is 0 Å². The number of nitrogens with zero attached hydrogens (tertiary/aromatic N) is 3. The van der Waals surface area contributed by atoms with E-state index in [4.69, 9.17) is 5.73 Å². The van der Waals surface area contributed by atoms with Crippen molar-refractivity contribution in [3.8, 4) is 0 Å². The molecule has 0 aliphatic heterocycles. The minimum atomic E-state index is 0.557. The highest BCUT2D eigenvalue weighted by atomic mass is 15.3. The molecule has 2 N–H and O–H groups in total. The van der Waals surface area contributed by atoms with Gasteiger partial charge in [0.25, 0.3) is 0 Å². The molecule has 1 aromatic heterocycles. The summed E-state index contributed by atoms with van der Waals surface area (Å²) in [6.07, 6.45) is 1.84. The Bertz CT molecular complexity index is 281. The van der Waals surface area contributed by atoms with E-state index in [1.807, 2.05) is 20.2 Å². The van der Waals surface area contributed by atoms with Crippen LogP contribution < -0.4 is 5.73 Å². The fraction of sp³-hybridized carbons (Fsp3) is 0.429. The highest BCUT2D eigenvalue weighted by Crippen LogP contribution is 2.14. The number of amidine groups is 1. The van der Waals surface area contributed by atoms with Gasteiger partial charge in [-0.05, 0) is 13.8 Å². The zero-order valence-corrected chi connectivity index (χ0v) is 7.00. The predicted octanol–water partition coefficient (Wildman–Crippen LogP) is 0.737. The summed E-state index contributed by atoms with van der Waals surface area (Å²) >= 11 is 0. The molecular weight excluding hydrogens is 140 g/mol. The quantitative estimate of drug-likeness (QED) is 0.476. The maximum atomic E-state index is 5.42. The molecule has 0 unspecified atom stereocenters. The molecule has 1 heterocycles. The lowest BCUT2D eigenvalue weighted by atomic mass is 10.4. The van der Waals surface area contributed by atoms with Crippen molar-refractivity contribution < 1.29 is 0 Å². The largest absolute Gasteiger partial charge is 0.387 e. The van der Waals surface area contributed by atoms with E-state index in [-0.39, 0.29) is 0 Å². The molecule has 0 aliphatic rings. The molecule has 0 spiro atoms. The number of aryl methyl sites for hydroxylation is 2. The van der Waals surface area contributed by atoms with Gasteiger partial charge in [-0.25, -0.2) is 4.99 Å². The van der Waals surface area contributed by atoms with Crippen LogP contribution in [0, 0.1) is 6.92 Å². The third-order valence-corrected chi connectivity index (χ3v) is 1.28. The third kappa shape index (κ3) is 1.80. The minimum absolute atomic E-state index is 0.557. The Morgan fingerprint density at radius 3 is 2.73 bits per heavy atom. The number of aliphatic imine (C=N–C) groups is 1. The fourth-order valence-electron chi connectivity index (χ4n) is 0.887. The van der Waals surface area contributed by atoms with Gasteiger partial charge in [-0.1, -0.05) is 0 Å². The van der Waals surface area contributed by atoms with Crippen LogP contribution in [0.1, 0.15) is 12.6 Å². The number of aromatic nitrogens is 2. The highest BCUT2D eigenvalue weighted by molar-refractivity contribution is 5.80. The first-order valence-corrected chi connectivity index (χ1v) is 3.40. The van der Waals surface area contributed by atoms with E-state index in [9.17, 15) is 0 Å². The summed E-state index contributed by atoms with van der Waals surface area (Å²) in [5, 5.41) is 4.12. The summed E-state index contributed by atoms with van der Waals surface area (Å²) in [4.78, 5) is 4.09. The van der Waals surface area contributed by atoms with Crippen LogP contribution in [0.15, 0.2) is 11.2 Å². The van der Waals surface area contributed by atoms with Crippen molar-refractivity contribution >= 4 is 11.5 Å². The summed E-state index contributed by atoms with van der Waals surface area (Å²) < 4.78 is 1.72. The SMILES string of the molecule is CC(N)=Nc1cn(C)nc1C. The molecule has 1 aromatic rings. The fourth-order valence-corrected chi connectivity index (χ4v) is 0.887.